The molecule has 1 rings (SSSR count). The van der Waals surface area contributed by atoms with E-state index in [0.717, 1.165) is 0 Å². The molecule has 0 spiro atoms. The standard InChI is InChI=1S/C10H14BrN3O4S/c1-12-19(17,18)5-4-13-7-8-2-3-9(11)6-10(8)14(15)16/h2-3,6,12-13H,4-5,7H2,1H3. The van der Waals surface area contributed by atoms with Crippen LogP contribution in [0.5, 0.6) is 0 Å². The first-order chi connectivity index (χ1) is 8.85. The highest BCUT2D eigenvalue weighted by molar-refractivity contribution is 9.10. The molecule has 0 saturated heterocycles. The van der Waals surface area contributed by atoms with Gasteiger partial charge in [0.05, 0.1) is 10.7 Å². The molecule has 7 nitrogen and oxygen atoms in total. The zero-order valence-corrected chi connectivity index (χ0v) is 12.6. The Kier molecular flexibility index (Phi) is 5.85. The maximum absolute atomic E-state index is 11.2. The summed E-state index contributed by atoms with van der Waals surface area (Å²) in [5, 5.41) is 13.7. The van der Waals surface area contributed by atoms with Gasteiger partial charge >= 0.3 is 0 Å². The van der Waals surface area contributed by atoms with Crippen molar-refractivity contribution in [3.05, 3.63) is 38.3 Å². The van der Waals surface area contributed by atoms with Crippen molar-refractivity contribution in [1.29, 1.82) is 0 Å². The molecule has 2 N–H and O–H groups in total. The van der Waals surface area contributed by atoms with E-state index in [9.17, 15) is 18.5 Å². The lowest BCUT2D eigenvalue weighted by Gasteiger charge is -2.06. The highest BCUT2D eigenvalue weighted by atomic mass is 79.9. The Morgan fingerprint density at radius 3 is 2.68 bits per heavy atom. The summed E-state index contributed by atoms with van der Waals surface area (Å²) in [6.45, 7) is 0.458. The Bertz CT molecular complexity index is 562. The van der Waals surface area contributed by atoms with E-state index in [1.807, 2.05) is 0 Å². The highest BCUT2D eigenvalue weighted by Crippen LogP contribution is 2.23. The fraction of sp³-hybridized carbons (Fsp3) is 0.400. The number of sulfonamides is 1. The molecule has 19 heavy (non-hydrogen) atoms. The number of rotatable bonds is 7. The van der Waals surface area contributed by atoms with E-state index in [4.69, 9.17) is 0 Å². The molecule has 0 unspecified atom stereocenters. The van der Waals surface area contributed by atoms with Gasteiger partial charge in [0, 0.05) is 29.2 Å². The molecule has 1 aromatic rings. The predicted molar refractivity (Wildman–Crippen MR) is 75.3 cm³/mol. The van der Waals surface area contributed by atoms with Gasteiger partial charge in [0.15, 0.2) is 0 Å². The molecule has 0 aromatic heterocycles. The van der Waals surface area contributed by atoms with Gasteiger partial charge in [0.2, 0.25) is 10.0 Å². The van der Waals surface area contributed by atoms with E-state index >= 15 is 0 Å². The Morgan fingerprint density at radius 2 is 2.11 bits per heavy atom. The van der Waals surface area contributed by atoms with Gasteiger partial charge in [0.1, 0.15) is 0 Å². The van der Waals surface area contributed by atoms with Crippen molar-refractivity contribution in [3.63, 3.8) is 0 Å². The average molecular weight is 352 g/mol. The van der Waals surface area contributed by atoms with E-state index in [-0.39, 0.29) is 24.5 Å². The van der Waals surface area contributed by atoms with Crippen molar-refractivity contribution in [2.45, 2.75) is 6.54 Å². The molecule has 0 aliphatic heterocycles. The van der Waals surface area contributed by atoms with Crippen LogP contribution in [0.4, 0.5) is 5.69 Å². The second kappa shape index (κ2) is 6.94. The molecule has 0 aliphatic rings. The molecule has 0 fully saturated rings. The first kappa shape index (κ1) is 16.0. The molecular formula is C10H14BrN3O4S. The lowest BCUT2D eigenvalue weighted by atomic mass is 10.2. The number of nitro benzene ring substituents is 1. The Morgan fingerprint density at radius 1 is 1.42 bits per heavy atom. The number of hydrogen-bond donors (Lipinski definition) is 2. The van der Waals surface area contributed by atoms with Crippen molar-refractivity contribution in [2.75, 3.05) is 19.3 Å². The van der Waals surface area contributed by atoms with Crippen LogP contribution in [0, 0.1) is 10.1 Å². The van der Waals surface area contributed by atoms with Crippen LogP contribution < -0.4 is 10.0 Å². The third kappa shape index (κ3) is 5.23. The smallest absolute Gasteiger partial charge is 0.275 e. The van der Waals surface area contributed by atoms with Crippen LogP contribution in [0.1, 0.15) is 5.56 Å². The summed E-state index contributed by atoms with van der Waals surface area (Å²) in [5.74, 6) is -0.0756. The molecule has 0 bridgehead atoms. The number of nitro groups is 1. The van der Waals surface area contributed by atoms with Crippen LogP contribution >= 0.6 is 15.9 Å². The number of hydrogen-bond acceptors (Lipinski definition) is 5. The Labute approximate surface area is 119 Å². The minimum atomic E-state index is -3.26. The van der Waals surface area contributed by atoms with Crippen molar-refractivity contribution in [2.24, 2.45) is 0 Å². The van der Waals surface area contributed by atoms with Gasteiger partial charge in [0.25, 0.3) is 5.69 Å². The zero-order valence-electron chi connectivity index (χ0n) is 10.2. The maximum Gasteiger partial charge on any atom is 0.275 e. The third-order valence-corrected chi connectivity index (χ3v) is 4.27. The monoisotopic (exact) mass is 351 g/mol. The molecule has 0 saturated carbocycles. The number of benzene rings is 1. The van der Waals surface area contributed by atoms with Crippen molar-refractivity contribution >= 4 is 31.6 Å². The van der Waals surface area contributed by atoms with Crippen LogP contribution in [0.25, 0.3) is 0 Å². The lowest BCUT2D eigenvalue weighted by molar-refractivity contribution is -0.385. The SMILES string of the molecule is CNS(=O)(=O)CCNCc1ccc(Br)cc1[N+](=O)[O-]. The van der Waals surface area contributed by atoms with E-state index in [1.54, 1.807) is 12.1 Å². The molecule has 0 amide bonds. The Balaban J connectivity index is 2.61. The molecular weight excluding hydrogens is 338 g/mol. The van der Waals surface area contributed by atoms with Crippen LogP contribution in [0.2, 0.25) is 0 Å². The van der Waals surface area contributed by atoms with E-state index in [0.29, 0.717) is 10.0 Å². The lowest BCUT2D eigenvalue weighted by Crippen LogP contribution is -2.29. The van der Waals surface area contributed by atoms with E-state index in [2.05, 4.69) is 26.0 Å². The molecule has 0 heterocycles. The fourth-order valence-corrected chi connectivity index (χ4v) is 2.35. The van der Waals surface area contributed by atoms with Crippen LogP contribution in [-0.2, 0) is 16.6 Å². The summed E-state index contributed by atoms with van der Waals surface area (Å²) in [6, 6.07) is 4.75. The van der Waals surface area contributed by atoms with Crippen molar-refractivity contribution in [3.8, 4) is 0 Å². The minimum Gasteiger partial charge on any atom is -0.311 e. The summed E-state index contributed by atoms with van der Waals surface area (Å²) in [4.78, 5) is 10.4. The minimum absolute atomic E-state index is 0.00153. The number of nitrogens with one attached hydrogen (secondary N) is 2. The van der Waals surface area contributed by atoms with Crippen LogP contribution in [0.3, 0.4) is 0 Å². The maximum atomic E-state index is 11.2. The molecule has 9 heteroatoms. The molecule has 106 valence electrons. The number of halogens is 1. The van der Waals surface area contributed by atoms with Gasteiger partial charge in [-0.3, -0.25) is 10.1 Å². The largest absolute Gasteiger partial charge is 0.311 e. The summed E-state index contributed by atoms with van der Waals surface area (Å²) >= 11 is 3.17. The summed E-state index contributed by atoms with van der Waals surface area (Å²) in [6.07, 6.45) is 0. The second-order valence-electron chi connectivity index (χ2n) is 3.73. The van der Waals surface area contributed by atoms with Crippen LogP contribution in [0.15, 0.2) is 22.7 Å². The first-order valence-electron chi connectivity index (χ1n) is 5.40. The third-order valence-electron chi connectivity index (χ3n) is 2.42. The van der Waals surface area contributed by atoms with Gasteiger partial charge in [-0.25, -0.2) is 13.1 Å². The second-order valence-corrected chi connectivity index (χ2v) is 6.69. The van der Waals surface area contributed by atoms with Crippen LogP contribution in [-0.4, -0.2) is 32.7 Å². The van der Waals surface area contributed by atoms with Gasteiger partial charge in [-0.2, -0.15) is 0 Å². The Hall–Kier alpha value is -1.03. The first-order valence-corrected chi connectivity index (χ1v) is 7.85. The van der Waals surface area contributed by atoms with Gasteiger partial charge < -0.3 is 5.32 Å². The summed E-state index contributed by atoms with van der Waals surface area (Å²) in [5.41, 5.74) is 0.508. The molecule has 1 aromatic carbocycles. The fourth-order valence-electron chi connectivity index (χ4n) is 1.39. The molecule has 0 atom stereocenters. The topological polar surface area (TPSA) is 101 Å². The van der Waals surface area contributed by atoms with Crippen molar-refractivity contribution in [1.82, 2.24) is 10.0 Å². The normalized spacial score (nSPS) is 11.5. The van der Waals surface area contributed by atoms with E-state index < -0.39 is 14.9 Å². The van der Waals surface area contributed by atoms with E-state index in [1.165, 1.54) is 13.1 Å². The van der Waals surface area contributed by atoms with Crippen molar-refractivity contribution < 1.29 is 13.3 Å². The zero-order chi connectivity index (χ0) is 14.5. The number of nitrogens with zero attached hydrogens (tertiary/aromatic N) is 1. The predicted octanol–water partition coefficient (Wildman–Crippen LogP) is 0.996. The summed E-state index contributed by atoms with van der Waals surface area (Å²) < 4.78 is 25.2. The summed E-state index contributed by atoms with van der Waals surface area (Å²) in [7, 11) is -1.92. The van der Waals surface area contributed by atoms with Gasteiger partial charge in [-0.15, -0.1) is 0 Å². The highest BCUT2D eigenvalue weighted by Gasteiger charge is 2.14. The van der Waals surface area contributed by atoms with Gasteiger partial charge in [-0.1, -0.05) is 15.9 Å². The average Bonchev–Trinajstić information content (AvgIpc) is 2.36. The molecule has 0 aliphatic carbocycles. The van der Waals surface area contributed by atoms with Gasteiger partial charge in [-0.05, 0) is 19.2 Å². The molecule has 0 radical (unpaired) electrons. The quantitative estimate of drug-likeness (QED) is 0.433.